The summed E-state index contributed by atoms with van der Waals surface area (Å²) in [5, 5.41) is 6.44. The van der Waals surface area contributed by atoms with Crippen molar-refractivity contribution in [2.45, 2.75) is 6.54 Å². The van der Waals surface area contributed by atoms with Crippen LogP contribution >= 0.6 is 11.3 Å². The van der Waals surface area contributed by atoms with Gasteiger partial charge >= 0.3 is 6.03 Å². The molecular formula is C24H24N4O2S. The van der Waals surface area contributed by atoms with E-state index in [-0.39, 0.29) is 6.03 Å². The van der Waals surface area contributed by atoms with Crippen molar-refractivity contribution in [1.29, 1.82) is 0 Å². The first-order chi connectivity index (χ1) is 15.2. The number of carbonyl (C=O) groups excluding carboxylic acids is 1. The Morgan fingerprint density at radius 2 is 1.81 bits per heavy atom. The third-order valence-corrected chi connectivity index (χ3v) is 6.82. The zero-order valence-electron chi connectivity index (χ0n) is 17.4. The smallest absolute Gasteiger partial charge is 0.317 e. The highest BCUT2D eigenvalue weighted by atomic mass is 32.1. The number of anilines is 1. The molecule has 2 amide bonds. The zero-order chi connectivity index (χ0) is 21.2. The summed E-state index contributed by atoms with van der Waals surface area (Å²) in [7, 11) is 1.67. The van der Waals surface area contributed by atoms with Gasteiger partial charge in [0.15, 0.2) is 5.13 Å². The van der Waals surface area contributed by atoms with Gasteiger partial charge in [-0.3, -0.25) is 0 Å². The van der Waals surface area contributed by atoms with Gasteiger partial charge in [-0.05, 0) is 28.5 Å². The summed E-state index contributed by atoms with van der Waals surface area (Å²) in [4.78, 5) is 21.7. The predicted molar refractivity (Wildman–Crippen MR) is 126 cm³/mol. The van der Waals surface area contributed by atoms with Gasteiger partial charge in [-0.15, -0.1) is 0 Å². The molecule has 0 atom stereocenters. The lowest BCUT2D eigenvalue weighted by Crippen LogP contribution is -2.51. The van der Waals surface area contributed by atoms with Crippen molar-refractivity contribution in [3.05, 3.63) is 66.2 Å². The number of hydrogen-bond acceptors (Lipinski definition) is 5. The van der Waals surface area contributed by atoms with Crippen molar-refractivity contribution in [3.63, 3.8) is 0 Å². The van der Waals surface area contributed by atoms with Gasteiger partial charge in [-0.2, -0.15) is 0 Å². The Morgan fingerprint density at radius 1 is 1.03 bits per heavy atom. The topological polar surface area (TPSA) is 57.7 Å². The second kappa shape index (κ2) is 8.43. The fourth-order valence-electron chi connectivity index (χ4n) is 4.04. The molecule has 1 N–H and O–H groups in total. The summed E-state index contributed by atoms with van der Waals surface area (Å²) < 4.78 is 6.55. The number of amides is 2. The number of urea groups is 1. The van der Waals surface area contributed by atoms with Crippen molar-refractivity contribution in [3.8, 4) is 5.75 Å². The second-order valence-electron chi connectivity index (χ2n) is 7.57. The Kier molecular flexibility index (Phi) is 5.34. The van der Waals surface area contributed by atoms with Crippen LogP contribution in [-0.2, 0) is 6.54 Å². The number of piperazine rings is 1. The van der Waals surface area contributed by atoms with E-state index in [1.54, 1.807) is 18.4 Å². The normalized spacial score (nSPS) is 14.2. The molecule has 0 unspecified atom stereocenters. The van der Waals surface area contributed by atoms with Gasteiger partial charge < -0.3 is 19.9 Å². The zero-order valence-corrected chi connectivity index (χ0v) is 18.2. The molecule has 1 aliphatic rings. The fraction of sp³-hybridized carbons (Fsp3) is 0.250. The summed E-state index contributed by atoms with van der Waals surface area (Å²) in [5.41, 5.74) is 2.04. The van der Waals surface area contributed by atoms with E-state index in [4.69, 9.17) is 9.72 Å². The minimum atomic E-state index is -0.0152. The molecule has 0 radical (unpaired) electrons. The molecule has 4 aromatic rings. The maximum atomic E-state index is 12.7. The second-order valence-corrected chi connectivity index (χ2v) is 8.58. The number of nitrogens with one attached hydrogen (secondary N) is 1. The van der Waals surface area contributed by atoms with Gasteiger partial charge in [-0.1, -0.05) is 59.9 Å². The molecule has 31 heavy (non-hydrogen) atoms. The summed E-state index contributed by atoms with van der Waals surface area (Å²) >= 11 is 1.67. The number of benzene rings is 3. The van der Waals surface area contributed by atoms with E-state index in [0.29, 0.717) is 19.6 Å². The van der Waals surface area contributed by atoms with Crippen molar-refractivity contribution < 1.29 is 9.53 Å². The lowest BCUT2D eigenvalue weighted by Gasteiger charge is -2.34. The molecule has 5 rings (SSSR count). The maximum absolute atomic E-state index is 12.7. The number of rotatable bonds is 4. The molecule has 158 valence electrons. The third kappa shape index (κ3) is 3.88. The number of nitrogens with zero attached hydrogens (tertiary/aromatic N) is 3. The van der Waals surface area contributed by atoms with Crippen molar-refractivity contribution in [1.82, 2.24) is 15.2 Å². The van der Waals surface area contributed by atoms with Gasteiger partial charge in [0.2, 0.25) is 0 Å². The Labute approximate surface area is 185 Å². The average molecular weight is 433 g/mol. The minimum Gasteiger partial charge on any atom is -0.494 e. The highest BCUT2D eigenvalue weighted by molar-refractivity contribution is 7.22. The molecule has 7 heteroatoms. The highest BCUT2D eigenvalue weighted by Gasteiger charge is 2.23. The van der Waals surface area contributed by atoms with Crippen LogP contribution in [0.2, 0.25) is 0 Å². The first-order valence-corrected chi connectivity index (χ1v) is 11.2. The first kappa shape index (κ1) is 19.6. The van der Waals surface area contributed by atoms with E-state index >= 15 is 0 Å². The number of methoxy groups -OCH3 is 1. The largest absolute Gasteiger partial charge is 0.494 e. The van der Waals surface area contributed by atoms with Crippen molar-refractivity contribution in [2.75, 3.05) is 38.2 Å². The van der Waals surface area contributed by atoms with Gasteiger partial charge in [0.1, 0.15) is 11.3 Å². The summed E-state index contributed by atoms with van der Waals surface area (Å²) in [6, 6.07) is 20.4. The van der Waals surface area contributed by atoms with Crippen LogP contribution in [0.25, 0.3) is 21.0 Å². The van der Waals surface area contributed by atoms with E-state index in [1.807, 2.05) is 35.2 Å². The Balaban J connectivity index is 1.21. The molecule has 1 fully saturated rings. The number of thiazole rings is 1. The molecular weight excluding hydrogens is 408 g/mol. The first-order valence-electron chi connectivity index (χ1n) is 10.4. The summed E-state index contributed by atoms with van der Waals surface area (Å²) in [6.07, 6.45) is 0. The molecule has 1 saturated heterocycles. The van der Waals surface area contributed by atoms with Gasteiger partial charge in [0.05, 0.1) is 11.8 Å². The third-order valence-electron chi connectivity index (χ3n) is 5.74. The lowest BCUT2D eigenvalue weighted by atomic mass is 10.0. The van der Waals surface area contributed by atoms with Crippen LogP contribution in [0.3, 0.4) is 0 Å². The molecule has 0 aliphatic carbocycles. The minimum absolute atomic E-state index is 0.0152. The van der Waals surface area contributed by atoms with Crippen molar-refractivity contribution >= 4 is 43.5 Å². The van der Waals surface area contributed by atoms with Crippen LogP contribution in [-0.4, -0.2) is 49.2 Å². The number of ether oxygens (including phenoxy) is 1. The van der Waals surface area contributed by atoms with Gasteiger partial charge in [0, 0.05) is 32.7 Å². The van der Waals surface area contributed by atoms with Crippen LogP contribution in [0.1, 0.15) is 5.56 Å². The van der Waals surface area contributed by atoms with Gasteiger partial charge in [0.25, 0.3) is 0 Å². The predicted octanol–water partition coefficient (Wildman–Crippen LogP) is 4.49. The van der Waals surface area contributed by atoms with E-state index < -0.39 is 0 Å². The molecule has 0 saturated carbocycles. The van der Waals surface area contributed by atoms with Gasteiger partial charge in [-0.25, -0.2) is 9.78 Å². The monoisotopic (exact) mass is 432 g/mol. The standard InChI is InChI=1S/C24H24N4O2S/c1-30-20-10-5-11-21-22(20)26-24(31-21)28-14-12-27(13-15-28)23(29)25-16-18-8-4-7-17-6-2-3-9-19(17)18/h2-11H,12-16H2,1H3,(H,25,29). The van der Waals surface area contributed by atoms with Crippen LogP contribution in [0, 0.1) is 0 Å². The fourth-order valence-corrected chi connectivity index (χ4v) is 5.08. The van der Waals surface area contributed by atoms with Crippen LogP contribution < -0.4 is 15.0 Å². The van der Waals surface area contributed by atoms with Crippen LogP contribution in [0.5, 0.6) is 5.75 Å². The molecule has 1 aliphatic heterocycles. The number of carbonyl (C=O) groups is 1. The molecule has 0 spiro atoms. The average Bonchev–Trinajstić information content (AvgIpc) is 3.27. The summed E-state index contributed by atoms with van der Waals surface area (Å²) in [6.45, 7) is 3.41. The number of fused-ring (bicyclic) bond motifs is 2. The number of para-hydroxylation sites is 1. The van der Waals surface area contributed by atoms with Crippen LogP contribution in [0.4, 0.5) is 9.93 Å². The quantitative estimate of drug-likeness (QED) is 0.516. The Hall–Kier alpha value is -3.32. The molecule has 1 aromatic heterocycles. The molecule has 6 nitrogen and oxygen atoms in total. The molecule has 0 bridgehead atoms. The van der Waals surface area contributed by atoms with Crippen LogP contribution in [0.15, 0.2) is 60.7 Å². The van der Waals surface area contributed by atoms with Crippen molar-refractivity contribution in [2.24, 2.45) is 0 Å². The number of aromatic nitrogens is 1. The summed E-state index contributed by atoms with van der Waals surface area (Å²) in [5.74, 6) is 0.798. The highest BCUT2D eigenvalue weighted by Crippen LogP contribution is 2.34. The van der Waals surface area contributed by atoms with E-state index in [0.717, 1.165) is 39.8 Å². The van der Waals surface area contributed by atoms with E-state index in [9.17, 15) is 4.79 Å². The SMILES string of the molecule is COc1cccc2sc(N3CCN(C(=O)NCc4cccc5ccccc45)CC3)nc12. The van der Waals surface area contributed by atoms with E-state index in [1.165, 1.54) is 10.8 Å². The Morgan fingerprint density at radius 3 is 2.65 bits per heavy atom. The maximum Gasteiger partial charge on any atom is 0.317 e. The Bertz CT molecular complexity index is 1230. The molecule has 2 heterocycles. The number of hydrogen-bond donors (Lipinski definition) is 1. The molecule has 3 aromatic carbocycles. The van der Waals surface area contributed by atoms with E-state index in [2.05, 4.69) is 40.5 Å². The lowest BCUT2D eigenvalue weighted by molar-refractivity contribution is 0.194.